The maximum atomic E-state index is 12.9. The number of rotatable bonds is 2. The van der Waals surface area contributed by atoms with Gasteiger partial charge in [-0.15, -0.1) is 0 Å². The van der Waals surface area contributed by atoms with Gasteiger partial charge in [0.05, 0.1) is 28.8 Å². The first-order chi connectivity index (χ1) is 11.3. The third kappa shape index (κ3) is 2.50. The molecule has 2 aromatic heterocycles. The molecular formula is C18H16N4O. The maximum Gasteiger partial charge on any atom is 0.261 e. The fourth-order valence-electron chi connectivity index (χ4n) is 2.91. The summed E-state index contributed by atoms with van der Waals surface area (Å²) in [6.07, 6.45) is 7.04. The molecule has 1 aromatic carbocycles. The summed E-state index contributed by atoms with van der Waals surface area (Å²) < 4.78 is 1.72. The molecule has 3 heterocycles. The number of aromatic nitrogens is 3. The van der Waals surface area contributed by atoms with Crippen molar-refractivity contribution in [2.75, 3.05) is 11.4 Å². The second-order valence-electron chi connectivity index (χ2n) is 5.54. The van der Waals surface area contributed by atoms with Gasteiger partial charge in [-0.25, -0.2) is 4.68 Å². The van der Waals surface area contributed by atoms with E-state index in [4.69, 9.17) is 0 Å². The Bertz CT molecular complexity index is 841. The van der Waals surface area contributed by atoms with Crippen LogP contribution in [-0.2, 0) is 6.42 Å². The predicted octanol–water partition coefficient (Wildman–Crippen LogP) is 2.86. The van der Waals surface area contributed by atoms with Gasteiger partial charge in [-0.05, 0) is 37.1 Å². The van der Waals surface area contributed by atoms with Crippen LogP contribution >= 0.6 is 0 Å². The Morgan fingerprint density at radius 1 is 1.09 bits per heavy atom. The first-order valence-corrected chi connectivity index (χ1v) is 7.69. The van der Waals surface area contributed by atoms with E-state index in [0.717, 1.165) is 29.9 Å². The summed E-state index contributed by atoms with van der Waals surface area (Å²) in [4.78, 5) is 19.0. The molecule has 1 aliphatic rings. The van der Waals surface area contributed by atoms with Crippen molar-refractivity contribution in [2.45, 2.75) is 12.8 Å². The van der Waals surface area contributed by atoms with E-state index < -0.39 is 0 Å². The number of carbonyl (C=O) groups is 1. The van der Waals surface area contributed by atoms with Gasteiger partial charge >= 0.3 is 0 Å². The second-order valence-corrected chi connectivity index (χ2v) is 5.54. The van der Waals surface area contributed by atoms with Crippen LogP contribution < -0.4 is 4.90 Å². The van der Waals surface area contributed by atoms with Crippen LogP contribution in [0.1, 0.15) is 22.5 Å². The molecule has 4 rings (SSSR count). The van der Waals surface area contributed by atoms with Crippen molar-refractivity contribution in [3.8, 4) is 5.69 Å². The number of nitrogens with zero attached hydrogens (tertiary/aromatic N) is 4. The smallest absolute Gasteiger partial charge is 0.261 e. The molecule has 0 spiro atoms. The third-order valence-electron chi connectivity index (χ3n) is 4.05. The Morgan fingerprint density at radius 3 is 2.83 bits per heavy atom. The van der Waals surface area contributed by atoms with Crippen molar-refractivity contribution < 1.29 is 4.79 Å². The normalized spacial score (nSPS) is 13.7. The van der Waals surface area contributed by atoms with Gasteiger partial charge in [0.25, 0.3) is 5.91 Å². The Labute approximate surface area is 134 Å². The van der Waals surface area contributed by atoms with Crippen LogP contribution in [0.25, 0.3) is 5.69 Å². The lowest BCUT2D eigenvalue weighted by Gasteiger charge is -2.28. The Balaban J connectivity index is 1.65. The number of benzene rings is 1. The van der Waals surface area contributed by atoms with E-state index in [-0.39, 0.29) is 5.91 Å². The van der Waals surface area contributed by atoms with Gasteiger partial charge in [-0.3, -0.25) is 9.78 Å². The van der Waals surface area contributed by atoms with E-state index in [1.54, 1.807) is 28.2 Å². The molecule has 0 saturated carbocycles. The van der Waals surface area contributed by atoms with Crippen molar-refractivity contribution >= 4 is 11.6 Å². The zero-order valence-corrected chi connectivity index (χ0v) is 12.6. The highest BCUT2D eigenvalue weighted by molar-refractivity contribution is 6.06. The van der Waals surface area contributed by atoms with Gasteiger partial charge in [0.15, 0.2) is 0 Å². The van der Waals surface area contributed by atoms with E-state index in [9.17, 15) is 4.79 Å². The average molecular weight is 304 g/mol. The zero-order chi connectivity index (χ0) is 15.6. The van der Waals surface area contributed by atoms with Crippen molar-refractivity contribution in [2.24, 2.45) is 0 Å². The highest BCUT2D eigenvalue weighted by Crippen LogP contribution is 2.26. The fraction of sp³-hybridized carbons (Fsp3) is 0.167. The fourth-order valence-corrected chi connectivity index (χ4v) is 2.91. The van der Waals surface area contributed by atoms with E-state index in [1.165, 1.54) is 0 Å². The lowest BCUT2D eigenvalue weighted by molar-refractivity contribution is 0.0985. The Hall–Kier alpha value is -2.95. The van der Waals surface area contributed by atoms with Gasteiger partial charge in [-0.2, -0.15) is 5.10 Å². The van der Waals surface area contributed by atoms with Crippen LogP contribution in [0.3, 0.4) is 0 Å². The minimum absolute atomic E-state index is 0.0267. The highest BCUT2D eigenvalue weighted by atomic mass is 16.2. The number of hydrogen-bond acceptors (Lipinski definition) is 3. The number of carbonyl (C=O) groups excluding carboxylic acids is 1. The largest absolute Gasteiger partial charge is 0.306 e. The summed E-state index contributed by atoms with van der Waals surface area (Å²) in [6.45, 7) is 0.716. The van der Waals surface area contributed by atoms with E-state index in [1.807, 2.05) is 42.5 Å². The number of aryl methyl sites for hydroxylation is 1. The molecule has 0 fully saturated rings. The predicted molar refractivity (Wildman–Crippen MR) is 87.8 cm³/mol. The molecule has 0 bridgehead atoms. The van der Waals surface area contributed by atoms with Gasteiger partial charge in [0, 0.05) is 18.9 Å². The monoisotopic (exact) mass is 304 g/mol. The minimum atomic E-state index is -0.0267. The minimum Gasteiger partial charge on any atom is -0.306 e. The number of para-hydroxylation sites is 1. The highest BCUT2D eigenvalue weighted by Gasteiger charge is 2.25. The first kappa shape index (κ1) is 13.7. The molecule has 3 aromatic rings. The van der Waals surface area contributed by atoms with Gasteiger partial charge in [0.2, 0.25) is 0 Å². The molecule has 0 N–H and O–H groups in total. The molecule has 23 heavy (non-hydrogen) atoms. The molecule has 0 aliphatic carbocycles. The Morgan fingerprint density at radius 2 is 1.96 bits per heavy atom. The average Bonchev–Trinajstić information content (AvgIpc) is 3.11. The molecule has 114 valence electrons. The third-order valence-corrected chi connectivity index (χ3v) is 4.05. The molecule has 5 nitrogen and oxygen atoms in total. The summed E-state index contributed by atoms with van der Waals surface area (Å²) in [7, 11) is 0. The first-order valence-electron chi connectivity index (χ1n) is 7.69. The Kier molecular flexibility index (Phi) is 3.38. The SMILES string of the molecule is O=C(c1cnn(-c2ccccc2)c1)N1CCCc2ncccc21. The van der Waals surface area contributed by atoms with Crippen LogP contribution in [-0.4, -0.2) is 27.2 Å². The van der Waals surface area contributed by atoms with Crippen molar-refractivity contribution in [3.63, 3.8) is 0 Å². The van der Waals surface area contributed by atoms with E-state index >= 15 is 0 Å². The van der Waals surface area contributed by atoms with Gasteiger partial charge in [0.1, 0.15) is 0 Å². The molecule has 1 aliphatic heterocycles. The van der Waals surface area contributed by atoms with E-state index in [0.29, 0.717) is 12.1 Å². The second kappa shape index (κ2) is 5.68. The number of fused-ring (bicyclic) bond motifs is 1. The number of hydrogen-bond donors (Lipinski definition) is 0. The summed E-state index contributed by atoms with van der Waals surface area (Å²) in [5.41, 5.74) is 3.43. The van der Waals surface area contributed by atoms with Gasteiger partial charge < -0.3 is 4.90 Å². The summed E-state index contributed by atoms with van der Waals surface area (Å²) in [5, 5.41) is 4.31. The topological polar surface area (TPSA) is 51.0 Å². The summed E-state index contributed by atoms with van der Waals surface area (Å²) in [5.74, 6) is -0.0267. The molecule has 5 heteroatoms. The van der Waals surface area contributed by atoms with E-state index in [2.05, 4.69) is 10.1 Å². The number of pyridine rings is 1. The molecular weight excluding hydrogens is 288 g/mol. The van der Waals surface area contributed by atoms with Crippen molar-refractivity contribution in [1.29, 1.82) is 0 Å². The van der Waals surface area contributed by atoms with Crippen molar-refractivity contribution in [1.82, 2.24) is 14.8 Å². The lowest BCUT2D eigenvalue weighted by Crippen LogP contribution is -2.35. The van der Waals surface area contributed by atoms with Crippen molar-refractivity contribution in [3.05, 3.63) is 72.3 Å². The molecule has 0 radical (unpaired) electrons. The van der Waals surface area contributed by atoms with Crippen LogP contribution in [0, 0.1) is 0 Å². The number of anilines is 1. The van der Waals surface area contributed by atoms with Crippen LogP contribution in [0.2, 0.25) is 0 Å². The van der Waals surface area contributed by atoms with Crippen LogP contribution in [0.4, 0.5) is 5.69 Å². The zero-order valence-electron chi connectivity index (χ0n) is 12.6. The summed E-state index contributed by atoms with van der Waals surface area (Å²) in [6, 6.07) is 13.6. The van der Waals surface area contributed by atoms with Crippen LogP contribution in [0.5, 0.6) is 0 Å². The maximum absolute atomic E-state index is 12.9. The standard InChI is InChI=1S/C18H16N4O/c23-18(21-11-5-8-16-17(21)9-4-10-19-16)14-12-20-22(13-14)15-6-2-1-3-7-15/h1-4,6-7,9-10,12-13H,5,8,11H2. The molecule has 0 saturated heterocycles. The molecule has 0 unspecified atom stereocenters. The lowest BCUT2D eigenvalue weighted by atomic mass is 10.1. The quantitative estimate of drug-likeness (QED) is 0.731. The van der Waals surface area contributed by atoms with Crippen LogP contribution in [0.15, 0.2) is 61.1 Å². The number of amides is 1. The molecule has 1 amide bonds. The molecule has 0 atom stereocenters. The summed E-state index contributed by atoms with van der Waals surface area (Å²) >= 11 is 0. The van der Waals surface area contributed by atoms with Gasteiger partial charge in [-0.1, -0.05) is 18.2 Å².